The van der Waals surface area contributed by atoms with Crippen LogP contribution in [0.25, 0.3) is 32.8 Å². The number of pyridine rings is 3. The van der Waals surface area contributed by atoms with E-state index in [4.69, 9.17) is 4.98 Å². The van der Waals surface area contributed by atoms with Gasteiger partial charge in [0.05, 0.1) is 11.0 Å². The molecule has 0 atom stereocenters. The van der Waals surface area contributed by atoms with Crippen molar-refractivity contribution in [3.05, 3.63) is 54.9 Å². The van der Waals surface area contributed by atoms with Crippen LogP contribution in [-0.2, 0) is 0 Å². The predicted octanol–water partition coefficient (Wildman–Crippen LogP) is 3.33. The van der Waals surface area contributed by atoms with Crippen LogP contribution >= 0.6 is 0 Å². The van der Waals surface area contributed by atoms with Crippen LogP contribution in [0.4, 0.5) is 0 Å². The lowest BCUT2D eigenvalue weighted by molar-refractivity contribution is 1.30. The molecule has 18 heavy (non-hydrogen) atoms. The maximum atomic E-state index is 4.73. The van der Waals surface area contributed by atoms with Crippen LogP contribution in [0.1, 0.15) is 0 Å². The average Bonchev–Trinajstić information content (AvgIpc) is 2.45. The second kappa shape index (κ2) is 3.47. The van der Waals surface area contributed by atoms with Gasteiger partial charge < -0.3 is 0 Å². The van der Waals surface area contributed by atoms with Crippen LogP contribution in [0.2, 0.25) is 0 Å². The van der Waals surface area contributed by atoms with Gasteiger partial charge in [-0.3, -0.25) is 0 Å². The number of hydrogen-bond acceptors (Lipinski definition) is 3. The molecule has 0 aliphatic rings. The summed E-state index contributed by atoms with van der Waals surface area (Å²) in [6, 6.07) is 14.2. The molecule has 0 amide bonds. The average molecular weight is 231 g/mol. The SMILES string of the molecule is c1ccc2nc3c(cnc4ncccc43)cc2c1. The number of rotatable bonds is 0. The standard InChI is InChI=1S/C15H9N3/c1-2-6-13-10(4-1)8-11-9-17-15-12(14(11)18-13)5-3-7-16-15/h1-9H. The van der Waals surface area contributed by atoms with Crippen LogP contribution in [0.15, 0.2) is 54.9 Å². The molecule has 3 nitrogen and oxygen atoms in total. The Morgan fingerprint density at radius 1 is 0.833 bits per heavy atom. The third-order valence-corrected chi connectivity index (χ3v) is 3.12. The summed E-state index contributed by atoms with van der Waals surface area (Å²) in [7, 11) is 0. The third kappa shape index (κ3) is 1.27. The van der Waals surface area contributed by atoms with E-state index in [-0.39, 0.29) is 0 Å². The summed E-state index contributed by atoms with van der Waals surface area (Å²) in [5.74, 6) is 0. The van der Waals surface area contributed by atoms with Gasteiger partial charge in [0.15, 0.2) is 5.65 Å². The largest absolute Gasteiger partial charge is 0.247 e. The fourth-order valence-corrected chi connectivity index (χ4v) is 2.26. The van der Waals surface area contributed by atoms with Crippen LogP contribution < -0.4 is 0 Å². The molecule has 0 aliphatic carbocycles. The molecule has 0 aliphatic heterocycles. The first-order valence-corrected chi connectivity index (χ1v) is 5.81. The molecule has 0 fully saturated rings. The van der Waals surface area contributed by atoms with Crippen molar-refractivity contribution in [1.82, 2.24) is 15.0 Å². The van der Waals surface area contributed by atoms with Gasteiger partial charge in [-0.05, 0) is 24.3 Å². The Bertz CT molecular complexity index is 878. The number of fused-ring (bicyclic) bond motifs is 4. The topological polar surface area (TPSA) is 38.7 Å². The molecule has 0 unspecified atom stereocenters. The second-order valence-electron chi connectivity index (χ2n) is 4.25. The van der Waals surface area contributed by atoms with E-state index in [1.165, 1.54) is 0 Å². The lowest BCUT2D eigenvalue weighted by Crippen LogP contribution is -1.88. The van der Waals surface area contributed by atoms with Crippen molar-refractivity contribution in [3.63, 3.8) is 0 Å². The molecule has 4 aromatic rings. The van der Waals surface area contributed by atoms with Crippen molar-refractivity contribution < 1.29 is 0 Å². The van der Waals surface area contributed by atoms with E-state index in [9.17, 15) is 0 Å². The minimum Gasteiger partial charge on any atom is -0.247 e. The highest BCUT2D eigenvalue weighted by atomic mass is 14.8. The van der Waals surface area contributed by atoms with E-state index in [2.05, 4.69) is 22.1 Å². The van der Waals surface area contributed by atoms with Crippen molar-refractivity contribution in [2.24, 2.45) is 0 Å². The highest BCUT2D eigenvalue weighted by Crippen LogP contribution is 2.24. The van der Waals surface area contributed by atoms with Gasteiger partial charge in [-0.1, -0.05) is 18.2 Å². The molecule has 3 heterocycles. The summed E-state index contributed by atoms with van der Waals surface area (Å²) in [6.45, 7) is 0. The van der Waals surface area contributed by atoms with Crippen LogP contribution in [0.3, 0.4) is 0 Å². The molecule has 84 valence electrons. The maximum Gasteiger partial charge on any atom is 0.161 e. The second-order valence-corrected chi connectivity index (χ2v) is 4.25. The van der Waals surface area contributed by atoms with Gasteiger partial charge in [0.25, 0.3) is 0 Å². The zero-order chi connectivity index (χ0) is 11.9. The lowest BCUT2D eigenvalue weighted by Gasteiger charge is -2.03. The predicted molar refractivity (Wildman–Crippen MR) is 72.3 cm³/mol. The molecular formula is C15H9N3. The molecule has 0 N–H and O–H groups in total. The summed E-state index contributed by atoms with van der Waals surface area (Å²) in [4.78, 5) is 13.4. The third-order valence-electron chi connectivity index (χ3n) is 3.12. The van der Waals surface area contributed by atoms with Gasteiger partial charge in [0.2, 0.25) is 0 Å². The molecule has 0 bridgehead atoms. The molecule has 0 saturated carbocycles. The highest BCUT2D eigenvalue weighted by Gasteiger charge is 2.05. The fourth-order valence-electron chi connectivity index (χ4n) is 2.26. The number of para-hydroxylation sites is 1. The fraction of sp³-hybridized carbons (Fsp3) is 0. The minimum absolute atomic E-state index is 0.743. The quantitative estimate of drug-likeness (QED) is 0.344. The van der Waals surface area contributed by atoms with E-state index in [0.717, 1.165) is 32.8 Å². The van der Waals surface area contributed by atoms with Gasteiger partial charge in [-0.15, -0.1) is 0 Å². The first kappa shape index (κ1) is 9.48. The number of nitrogens with zero attached hydrogens (tertiary/aromatic N) is 3. The van der Waals surface area contributed by atoms with Gasteiger partial charge in [0, 0.05) is 28.6 Å². The first-order valence-electron chi connectivity index (χ1n) is 5.81. The zero-order valence-electron chi connectivity index (χ0n) is 9.54. The van der Waals surface area contributed by atoms with E-state index < -0.39 is 0 Å². The van der Waals surface area contributed by atoms with Crippen molar-refractivity contribution in [2.75, 3.05) is 0 Å². The maximum absolute atomic E-state index is 4.73. The van der Waals surface area contributed by atoms with Gasteiger partial charge in [0.1, 0.15) is 0 Å². The molecule has 1 aromatic carbocycles. The Morgan fingerprint density at radius 2 is 1.78 bits per heavy atom. The van der Waals surface area contributed by atoms with Crippen molar-refractivity contribution >= 4 is 32.8 Å². The van der Waals surface area contributed by atoms with Gasteiger partial charge in [-0.25, -0.2) is 15.0 Å². The van der Waals surface area contributed by atoms with E-state index in [1.54, 1.807) is 6.20 Å². The monoisotopic (exact) mass is 231 g/mol. The van der Waals surface area contributed by atoms with Crippen molar-refractivity contribution in [1.29, 1.82) is 0 Å². The highest BCUT2D eigenvalue weighted by molar-refractivity contribution is 6.05. The molecule has 3 heteroatoms. The van der Waals surface area contributed by atoms with Crippen LogP contribution in [-0.4, -0.2) is 15.0 Å². The van der Waals surface area contributed by atoms with Gasteiger partial charge >= 0.3 is 0 Å². The van der Waals surface area contributed by atoms with E-state index >= 15 is 0 Å². The number of hydrogen-bond donors (Lipinski definition) is 0. The van der Waals surface area contributed by atoms with E-state index in [1.807, 2.05) is 36.5 Å². The Balaban J connectivity index is 2.27. The molecule has 0 saturated heterocycles. The molecule has 0 radical (unpaired) electrons. The van der Waals surface area contributed by atoms with Crippen LogP contribution in [0, 0.1) is 0 Å². The zero-order valence-corrected chi connectivity index (χ0v) is 9.54. The Labute approximate surface area is 103 Å². The van der Waals surface area contributed by atoms with Crippen molar-refractivity contribution in [2.45, 2.75) is 0 Å². The molecule has 3 aromatic heterocycles. The summed E-state index contributed by atoms with van der Waals surface area (Å²) in [5, 5.41) is 3.19. The van der Waals surface area contributed by atoms with Gasteiger partial charge in [-0.2, -0.15) is 0 Å². The Kier molecular flexibility index (Phi) is 1.83. The minimum atomic E-state index is 0.743. The molecular weight excluding hydrogens is 222 g/mol. The first-order chi connectivity index (χ1) is 8.92. The lowest BCUT2D eigenvalue weighted by atomic mass is 10.1. The number of aromatic nitrogens is 3. The van der Waals surface area contributed by atoms with E-state index in [0.29, 0.717) is 0 Å². The Morgan fingerprint density at radius 3 is 2.78 bits per heavy atom. The Hall–Kier alpha value is -2.55. The normalized spacial score (nSPS) is 11.3. The number of benzene rings is 1. The molecule has 0 spiro atoms. The summed E-state index contributed by atoms with van der Waals surface area (Å²) < 4.78 is 0. The smallest absolute Gasteiger partial charge is 0.161 e. The van der Waals surface area contributed by atoms with Crippen molar-refractivity contribution in [3.8, 4) is 0 Å². The summed E-state index contributed by atoms with van der Waals surface area (Å²) in [6.07, 6.45) is 3.59. The molecule has 4 rings (SSSR count). The van der Waals surface area contributed by atoms with Crippen LogP contribution in [0.5, 0.6) is 0 Å². The summed E-state index contributed by atoms with van der Waals surface area (Å²) in [5.41, 5.74) is 2.71. The summed E-state index contributed by atoms with van der Waals surface area (Å²) >= 11 is 0.